The molecule has 5 nitrogen and oxygen atoms in total. The molecule has 0 spiro atoms. The van der Waals surface area contributed by atoms with E-state index in [0.717, 1.165) is 36.6 Å². The highest BCUT2D eigenvalue weighted by atomic mass is 32.1. The summed E-state index contributed by atoms with van der Waals surface area (Å²) in [6, 6.07) is 7.52. The van der Waals surface area contributed by atoms with Gasteiger partial charge in [0.25, 0.3) is 0 Å². The van der Waals surface area contributed by atoms with E-state index in [-0.39, 0.29) is 17.1 Å². The van der Waals surface area contributed by atoms with Crippen molar-refractivity contribution in [3.8, 4) is 11.4 Å². The van der Waals surface area contributed by atoms with Crippen molar-refractivity contribution in [3.05, 3.63) is 68.8 Å². The lowest BCUT2D eigenvalue weighted by Crippen LogP contribution is -2.21. The molecule has 0 aromatic carbocycles. The third kappa shape index (κ3) is 8.04. The number of unbranched alkanes of at least 4 members (excludes halogenated alkanes) is 3. The minimum absolute atomic E-state index is 0.0459. The first-order valence-electron chi connectivity index (χ1n) is 11.4. The molecule has 0 atom stereocenters. The number of hydrogen-bond acceptors (Lipinski definition) is 5. The number of aryl methyl sites for hydroxylation is 1. The maximum Gasteiger partial charge on any atom is 0.432 e. The van der Waals surface area contributed by atoms with Gasteiger partial charge in [-0.25, -0.2) is 4.98 Å². The third-order valence-electron chi connectivity index (χ3n) is 5.30. The van der Waals surface area contributed by atoms with Crippen LogP contribution >= 0.6 is 11.3 Å². The van der Waals surface area contributed by atoms with Crippen molar-refractivity contribution in [2.75, 3.05) is 0 Å². The van der Waals surface area contributed by atoms with Crippen molar-refractivity contribution in [1.29, 1.82) is 5.41 Å². The number of allylic oxidation sites excluding steroid dienone is 2. The van der Waals surface area contributed by atoms with Gasteiger partial charge in [-0.2, -0.15) is 31.4 Å². The topological polar surface area (TPSA) is 91.4 Å². The molecule has 0 saturated carbocycles. The van der Waals surface area contributed by atoms with Crippen LogP contribution in [0.5, 0.6) is 0 Å². The fourth-order valence-electron chi connectivity index (χ4n) is 3.35. The van der Waals surface area contributed by atoms with Crippen molar-refractivity contribution < 1.29 is 26.3 Å². The lowest BCUT2D eigenvalue weighted by atomic mass is 10.1. The number of nitrogens with one attached hydrogen (secondary N) is 2. The average Bonchev–Trinajstić information content (AvgIpc) is 3.50. The van der Waals surface area contributed by atoms with Gasteiger partial charge in [-0.3, -0.25) is 10.5 Å². The smallest absolute Gasteiger partial charge is 0.395 e. The molecule has 3 aromatic heterocycles. The fourth-order valence-corrected chi connectivity index (χ4v) is 4.31. The summed E-state index contributed by atoms with van der Waals surface area (Å²) < 4.78 is 77.6. The number of hydrogen-bond donors (Lipinski definition) is 3. The van der Waals surface area contributed by atoms with Crippen molar-refractivity contribution in [2.24, 2.45) is 5.73 Å². The summed E-state index contributed by atoms with van der Waals surface area (Å²) in [5.41, 5.74) is 1.77. The Kier molecular flexibility index (Phi) is 8.95. The fraction of sp³-hybridized carbons (Fsp3) is 0.320. The van der Waals surface area contributed by atoms with Gasteiger partial charge in [-0.05, 0) is 60.9 Å². The van der Waals surface area contributed by atoms with Gasteiger partial charge < -0.3 is 5.73 Å². The molecule has 3 rings (SSSR count). The van der Waals surface area contributed by atoms with Gasteiger partial charge in [0.1, 0.15) is 17.1 Å². The number of aromatic nitrogens is 3. The second kappa shape index (κ2) is 11.8. The molecule has 0 amide bonds. The van der Waals surface area contributed by atoms with Crippen LogP contribution < -0.4 is 5.73 Å². The van der Waals surface area contributed by atoms with Gasteiger partial charge in [0.2, 0.25) is 0 Å². The Hall–Kier alpha value is -3.41. The third-order valence-corrected chi connectivity index (χ3v) is 6.41. The summed E-state index contributed by atoms with van der Waals surface area (Å²) in [7, 11) is 0. The van der Waals surface area contributed by atoms with E-state index in [4.69, 9.17) is 11.1 Å². The minimum Gasteiger partial charge on any atom is -0.395 e. The largest absolute Gasteiger partial charge is 0.432 e. The highest BCUT2D eigenvalue weighted by molar-refractivity contribution is 7.12. The van der Waals surface area contributed by atoms with Gasteiger partial charge in [0, 0.05) is 9.75 Å². The number of H-pyrrole nitrogens is 1. The zero-order chi connectivity index (χ0) is 27.2. The van der Waals surface area contributed by atoms with Gasteiger partial charge >= 0.3 is 12.4 Å². The summed E-state index contributed by atoms with van der Waals surface area (Å²) in [5, 5.41) is 13.6. The van der Waals surface area contributed by atoms with E-state index in [9.17, 15) is 26.3 Å². The summed E-state index contributed by atoms with van der Waals surface area (Å²) in [6.45, 7) is 2.15. The molecule has 0 saturated heterocycles. The Balaban J connectivity index is 1.93. The quantitative estimate of drug-likeness (QED) is 0.140. The van der Waals surface area contributed by atoms with Gasteiger partial charge in [-0.15, -0.1) is 11.3 Å². The molecule has 0 aliphatic heterocycles. The van der Waals surface area contributed by atoms with Crippen LogP contribution in [-0.2, 0) is 12.6 Å². The van der Waals surface area contributed by atoms with Crippen LogP contribution in [-0.4, -0.2) is 27.1 Å². The van der Waals surface area contributed by atoms with Crippen molar-refractivity contribution in [1.82, 2.24) is 15.2 Å². The van der Waals surface area contributed by atoms with Gasteiger partial charge in [0.05, 0.1) is 17.1 Å². The van der Waals surface area contributed by atoms with Crippen LogP contribution in [0.1, 0.15) is 59.3 Å². The molecule has 198 valence electrons. The second-order valence-electron chi connectivity index (χ2n) is 8.29. The number of thiophene rings is 1. The number of alkyl halides is 6. The Bertz CT molecular complexity index is 1280. The van der Waals surface area contributed by atoms with E-state index >= 15 is 0 Å². The normalized spacial score (nSPS) is 13.0. The Morgan fingerprint density at radius 1 is 1.03 bits per heavy atom. The first-order valence-corrected chi connectivity index (χ1v) is 12.2. The first-order chi connectivity index (χ1) is 17.4. The van der Waals surface area contributed by atoms with E-state index in [0.29, 0.717) is 11.6 Å². The zero-order valence-electron chi connectivity index (χ0n) is 19.8. The highest BCUT2D eigenvalue weighted by Crippen LogP contribution is 2.31. The molecule has 0 aliphatic rings. The van der Waals surface area contributed by atoms with Crippen LogP contribution in [0.25, 0.3) is 23.5 Å². The number of halogens is 6. The molecule has 0 unspecified atom stereocenters. The number of rotatable bonds is 10. The maximum absolute atomic E-state index is 13.0. The Morgan fingerprint density at radius 2 is 1.78 bits per heavy atom. The van der Waals surface area contributed by atoms with Crippen LogP contribution in [0.3, 0.4) is 0 Å². The van der Waals surface area contributed by atoms with E-state index in [1.165, 1.54) is 23.4 Å². The minimum atomic E-state index is -4.84. The summed E-state index contributed by atoms with van der Waals surface area (Å²) >= 11 is 1.60. The number of aromatic amines is 1. The lowest BCUT2D eigenvalue weighted by Gasteiger charge is -2.08. The molecule has 4 N–H and O–H groups in total. The first kappa shape index (κ1) is 28.2. The maximum atomic E-state index is 13.0. The second-order valence-corrected chi connectivity index (χ2v) is 9.49. The van der Waals surface area contributed by atoms with Gasteiger partial charge in [0.15, 0.2) is 0 Å². The van der Waals surface area contributed by atoms with Gasteiger partial charge in [-0.1, -0.05) is 32.3 Å². The molecule has 0 fully saturated rings. The van der Waals surface area contributed by atoms with Crippen LogP contribution in [0.15, 0.2) is 42.1 Å². The van der Waals surface area contributed by atoms with Crippen LogP contribution in [0.2, 0.25) is 0 Å². The van der Waals surface area contributed by atoms with Crippen LogP contribution in [0.4, 0.5) is 26.3 Å². The van der Waals surface area contributed by atoms with Crippen LogP contribution in [0, 0.1) is 5.41 Å². The van der Waals surface area contributed by atoms with E-state index in [1.54, 1.807) is 23.5 Å². The number of nitrogens with zero attached hydrogens (tertiary/aromatic N) is 2. The standard InChI is InChI=1S/C25H25F6N5S/c1-2-3-4-5-6-16-9-10-17(37-16)8-7-15-11-19(18(32)13-22(33)24(26,27)28)34-20(12-15)21-14-23(36-35-21)25(29,30)31/h7-14,32H,2-6,33H2,1H3,(H,35,36)/b8-7+,22-13?,32-18?. The molecule has 12 heteroatoms. The molecule has 0 bridgehead atoms. The lowest BCUT2D eigenvalue weighted by molar-refractivity contribution is -0.141. The van der Waals surface area contributed by atoms with Crippen molar-refractivity contribution in [2.45, 2.75) is 51.4 Å². The summed E-state index contributed by atoms with van der Waals surface area (Å²) in [6.07, 6.45) is -0.104. The zero-order valence-corrected chi connectivity index (χ0v) is 20.6. The molecule has 0 aliphatic carbocycles. The highest BCUT2D eigenvalue weighted by Gasteiger charge is 2.34. The summed E-state index contributed by atoms with van der Waals surface area (Å²) in [5.74, 6) is 0. The van der Waals surface area contributed by atoms with E-state index < -0.39 is 29.5 Å². The molecule has 3 aromatic rings. The molecule has 37 heavy (non-hydrogen) atoms. The average molecular weight is 542 g/mol. The predicted molar refractivity (Wildman–Crippen MR) is 133 cm³/mol. The Morgan fingerprint density at radius 3 is 2.43 bits per heavy atom. The molecule has 0 radical (unpaired) electrons. The SMILES string of the molecule is CCCCCCc1ccc(/C=C/c2cc(C(=N)C=C(N)C(F)(F)F)nc(-c3cc(C(F)(F)F)[nH]n3)c2)s1. The monoisotopic (exact) mass is 541 g/mol. The number of pyridine rings is 1. The summed E-state index contributed by atoms with van der Waals surface area (Å²) in [4.78, 5) is 6.22. The number of nitrogens with two attached hydrogens (primary N) is 1. The Labute approximate surface area is 213 Å². The molecular formula is C25H25F6N5S. The predicted octanol–water partition coefficient (Wildman–Crippen LogP) is 7.62. The molecular weight excluding hydrogens is 516 g/mol. The molecule has 3 heterocycles. The van der Waals surface area contributed by atoms with E-state index in [2.05, 4.69) is 17.0 Å². The van der Waals surface area contributed by atoms with E-state index in [1.807, 2.05) is 17.2 Å². The van der Waals surface area contributed by atoms with Crippen molar-refractivity contribution in [3.63, 3.8) is 0 Å². The van der Waals surface area contributed by atoms with Crippen molar-refractivity contribution >= 4 is 29.2 Å².